The van der Waals surface area contributed by atoms with Crippen molar-refractivity contribution < 1.29 is 9.72 Å². The van der Waals surface area contributed by atoms with Gasteiger partial charge in [0.05, 0.1) is 17.2 Å². The second kappa shape index (κ2) is 5.48. The SMILES string of the molecule is CC(C(=O)c1ccccc1)n1cc([N+](=O)[O-])ccc1=O. The van der Waals surface area contributed by atoms with Crippen molar-refractivity contribution in [1.82, 2.24) is 4.57 Å². The number of nitrogens with zero attached hydrogens (tertiary/aromatic N) is 2. The Kier molecular flexibility index (Phi) is 3.74. The summed E-state index contributed by atoms with van der Waals surface area (Å²) in [5.74, 6) is -0.270. The molecule has 0 aliphatic heterocycles. The molecular weight excluding hydrogens is 260 g/mol. The van der Waals surface area contributed by atoms with E-state index in [1.165, 1.54) is 0 Å². The van der Waals surface area contributed by atoms with Crippen LogP contribution in [0.3, 0.4) is 0 Å². The molecule has 0 saturated carbocycles. The fourth-order valence-corrected chi connectivity index (χ4v) is 1.87. The maximum Gasteiger partial charge on any atom is 0.285 e. The number of aromatic nitrogens is 1. The smallest absolute Gasteiger partial charge is 0.285 e. The molecule has 2 aromatic rings. The molecule has 0 radical (unpaired) electrons. The summed E-state index contributed by atoms with van der Waals surface area (Å²) in [5.41, 5.74) is -0.219. The minimum absolute atomic E-state index is 0.225. The fourth-order valence-electron chi connectivity index (χ4n) is 1.87. The van der Waals surface area contributed by atoms with Gasteiger partial charge in [0.15, 0.2) is 5.78 Å². The van der Waals surface area contributed by atoms with Crippen molar-refractivity contribution in [3.8, 4) is 0 Å². The lowest BCUT2D eigenvalue weighted by atomic mass is 10.1. The van der Waals surface area contributed by atoms with Gasteiger partial charge >= 0.3 is 0 Å². The molecule has 1 heterocycles. The second-order valence-electron chi connectivity index (χ2n) is 4.30. The highest BCUT2D eigenvalue weighted by molar-refractivity contribution is 5.98. The molecule has 0 spiro atoms. The minimum Gasteiger partial charge on any atom is -0.298 e. The van der Waals surface area contributed by atoms with Crippen LogP contribution >= 0.6 is 0 Å². The first-order chi connectivity index (χ1) is 9.50. The third kappa shape index (κ3) is 2.64. The molecule has 0 aliphatic carbocycles. The molecule has 20 heavy (non-hydrogen) atoms. The van der Waals surface area contributed by atoms with Crippen LogP contribution in [0, 0.1) is 10.1 Å². The fraction of sp³-hybridized carbons (Fsp3) is 0.143. The van der Waals surface area contributed by atoms with E-state index in [0.29, 0.717) is 5.56 Å². The van der Waals surface area contributed by atoms with E-state index in [0.717, 1.165) is 22.9 Å². The van der Waals surface area contributed by atoms with Crippen LogP contribution in [-0.2, 0) is 0 Å². The van der Waals surface area contributed by atoms with Crippen molar-refractivity contribution in [3.05, 3.63) is 74.7 Å². The lowest BCUT2D eigenvalue weighted by Crippen LogP contribution is -2.27. The second-order valence-corrected chi connectivity index (χ2v) is 4.30. The van der Waals surface area contributed by atoms with Gasteiger partial charge in [-0.2, -0.15) is 0 Å². The van der Waals surface area contributed by atoms with E-state index in [-0.39, 0.29) is 11.5 Å². The molecule has 0 N–H and O–H groups in total. The summed E-state index contributed by atoms with van der Waals surface area (Å²) in [5, 5.41) is 10.7. The summed E-state index contributed by atoms with van der Waals surface area (Å²) in [4.78, 5) is 34.1. The van der Waals surface area contributed by atoms with Gasteiger partial charge in [0, 0.05) is 17.7 Å². The standard InChI is InChI=1S/C14H12N2O4/c1-10(14(18)11-5-3-2-4-6-11)15-9-12(16(19)20)7-8-13(15)17/h2-10H,1H3. The summed E-state index contributed by atoms with van der Waals surface area (Å²) in [6.07, 6.45) is 1.09. The molecule has 1 atom stereocenters. The number of rotatable bonds is 4. The zero-order valence-corrected chi connectivity index (χ0v) is 10.7. The van der Waals surface area contributed by atoms with Crippen LogP contribution < -0.4 is 5.56 Å². The van der Waals surface area contributed by atoms with Crippen molar-refractivity contribution in [2.24, 2.45) is 0 Å². The number of hydrogen-bond donors (Lipinski definition) is 0. The summed E-state index contributed by atoms with van der Waals surface area (Å²) in [6.45, 7) is 1.54. The van der Waals surface area contributed by atoms with Crippen molar-refractivity contribution in [1.29, 1.82) is 0 Å². The average molecular weight is 272 g/mol. The maximum absolute atomic E-state index is 12.2. The van der Waals surface area contributed by atoms with Gasteiger partial charge < -0.3 is 0 Å². The van der Waals surface area contributed by atoms with E-state index < -0.39 is 16.5 Å². The Morgan fingerprint density at radius 2 is 1.85 bits per heavy atom. The number of carbonyl (C=O) groups is 1. The molecule has 6 heteroatoms. The van der Waals surface area contributed by atoms with Gasteiger partial charge in [0.25, 0.3) is 11.2 Å². The first kappa shape index (κ1) is 13.7. The Morgan fingerprint density at radius 3 is 2.45 bits per heavy atom. The number of nitro groups is 1. The third-order valence-electron chi connectivity index (χ3n) is 2.99. The Balaban J connectivity index is 2.41. The molecule has 0 fully saturated rings. The normalized spacial score (nSPS) is 11.8. The number of carbonyl (C=O) groups excluding carboxylic acids is 1. The Labute approximate surface area is 114 Å². The first-order valence-corrected chi connectivity index (χ1v) is 5.96. The molecule has 6 nitrogen and oxygen atoms in total. The topological polar surface area (TPSA) is 82.2 Å². The molecule has 2 rings (SSSR count). The molecule has 1 aromatic heterocycles. The lowest BCUT2D eigenvalue weighted by molar-refractivity contribution is -0.385. The highest BCUT2D eigenvalue weighted by Gasteiger charge is 2.19. The highest BCUT2D eigenvalue weighted by Crippen LogP contribution is 2.15. The third-order valence-corrected chi connectivity index (χ3v) is 2.99. The predicted octanol–water partition coefficient (Wildman–Crippen LogP) is 2.20. The van der Waals surface area contributed by atoms with Gasteiger partial charge in [-0.1, -0.05) is 30.3 Å². The number of ketones is 1. The molecule has 0 aliphatic rings. The van der Waals surface area contributed by atoms with Gasteiger partial charge in [0.1, 0.15) is 0 Å². The summed E-state index contributed by atoms with van der Waals surface area (Å²) in [7, 11) is 0. The van der Waals surface area contributed by atoms with Gasteiger partial charge in [-0.25, -0.2) is 0 Å². The van der Waals surface area contributed by atoms with Crippen LogP contribution in [0.5, 0.6) is 0 Å². The highest BCUT2D eigenvalue weighted by atomic mass is 16.6. The molecule has 0 bridgehead atoms. The van der Waals surface area contributed by atoms with E-state index in [4.69, 9.17) is 0 Å². The van der Waals surface area contributed by atoms with Crippen LogP contribution in [0.25, 0.3) is 0 Å². The monoisotopic (exact) mass is 272 g/mol. The lowest BCUT2D eigenvalue weighted by Gasteiger charge is -2.13. The zero-order valence-electron chi connectivity index (χ0n) is 10.7. The van der Waals surface area contributed by atoms with Crippen molar-refractivity contribution in [2.45, 2.75) is 13.0 Å². The van der Waals surface area contributed by atoms with E-state index in [2.05, 4.69) is 0 Å². The number of pyridine rings is 1. The summed E-state index contributed by atoms with van der Waals surface area (Å²) >= 11 is 0. The molecule has 1 aromatic carbocycles. The van der Waals surface area contributed by atoms with E-state index in [1.807, 2.05) is 0 Å². The van der Waals surface area contributed by atoms with Crippen molar-refractivity contribution >= 4 is 11.5 Å². The van der Waals surface area contributed by atoms with Crippen LogP contribution in [0.4, 0.5) is 5.69 Å². The van der Waals surface area contributed by atoms with Gasteiger partial charge in [-0.05, 0) is 6.92 Å². The Hall–Kier alpha value is -2.76. The maximum atomic E-state index is 12.2. The molecule has 1 unspecified atom stereocenters. The molecule has 102 valence electrons. The van der Waals surface area contributed by atoms with Gasteiger partial charge in [0.2, 0.25) is 0 Å². The van der Waals surface area contributed by atoms with Gasteiger partial charge in [-0.15, -0.1) is 0 Å². The van der Waals surface area contributed by atoms with Crippen LogP contribution in [0.1, 0.15) is 23.3 Å². The number of Topliss-reactive ketones (excluding diaryl/α,β-unsaturated/α-hetero) is 1. The Bertz CT molecular complexity index is 707. The predicted molar refractivity (Wildman–Crippen MR) is 72.8 cm³/mol. The first-order valence-electron chi connectivity index (χ1n) is 5.96. The number of benzene rings is 1. The Morgan fingerprint density at radius 1 is 1.20 bits per heavy atom. The average Bonchev–Trinajstić information content (AvgIpc) is 2.47. The van der Waals surface area contributed by atoms with Crippen LogP contribution in [0.2, 0.25) is 0 Å². The quantitative estimate of drug-likeness (QED) is 0.485. The summed E-state index contributed by atoms with van der Waals surface area (Å²) in [6, 6.07) is 9.91. The summed E-state index contributed by atoms with van der Waals surface area (Å²) < 4.78 is 1.08. The number of hydrogen-bond acceptors (Lipinski definition) is 4. The molecule has 0 amide bonds. The van der Waals surface area contributed by atoms with Crippen molar-refractivity contribution in [3.63, 3.8) is 0 Å². The molecule has 0 saturated heterocycles. The van der Waals surface area contributed by atoms with Crippen molar-refractivity contribution in [2.75, 3.05) is 0 Å². The van der Waals surface area contributed by atoms with E-state index in [1.54, 1.807) is 37.3 Å². The van der Waals surface area contributed by atoms with E-state index >= 15 is 0 Å². The largest absolute Gasteiger partial charge is 0.298 e. The van der Waals surface area contributed by atoms with Gasteiger partial charge in [-0.3, -0.25) is 24.3 Å². The van der Waals surface area contributed by atoms with Crippen LogP contribution in [-0.4, -0.2) is 15.3 Å². The minimum atomic E-state index is -0.801. The van der Waals surface area contributed by atoms with Crippen LogP contribution in [0.15, 0.2) is 53.5 Å². The molecular formula is C14H12N2O4. The van der Waals surface area contributed by atoms with E-state index in [9.17, 15) is 19.7 Å². The zero-order chi connectivity index (χ0) is 14.7.